The van der Waals surface area contributed by atoms with Gasteiger partial charge in [-0.25, -0.2) is 4.79 Å². The number of fused-ring (bicyclic) bond motifs is 1. The van der Waals surface area contributed by atoms with Crippen LogP contribution >= 0.6 is 0 Å². The number of hydrogen-bond donors (Lipinski definition) is 1. The van der Waals surface area contributed by atoms with E-state index in [-0.39, 0.29) is 17.6 Å². The van der Waals surface area contributed by atoms with Crippen LogP contribution < -0.4 is 5.69 Å². The number of benzene rings is 1. The third-order valence-corrected chi connectivity index (χ3v) is 4.19. The molecule has 2 heterocycles. The van der Waals surface area contributed by atoms with Crippen molar-refractivity contribution in [1.29, 1.82) is 0 Å². The lowest BCUT2D eigenvalue weighted by atomic mass is 10.1. The zero-order valence-corrected chi connectivity index (χ0v) is 12.1. The molecule has 22 heavy (non-hydrogen) atoms. The van der Waals surface area contributed by atoms with Gasteiger partial charge in [-0.3, -0.25) is 4.57 Å². The summed E-state index contributed by atoms with van der Waals surface area (Å²) in [4.78, 5) is 16.7. The molecule has 1 aromatic heterocycles. The van der Waals surface area contributed by atoms with Crippen molar-refractivity contribution in [3.05, 3.63) is 34.2 Å². The van der Waals surface area contributed by atoms with E-state index in [0.29, 0.717) is 6.54 Å². The van der Waals surface area contributed by atoms with Crippen molar-refractivity contribution >= 4 is 11.0 Å². The van der Waals surface area contributed by atoms with Gasteiger partial charge in [0.1, 0.15) is 0 Å². The molecule has 1 N–H and O–H groups in total. The maximum atomic E-state index is 13.2. The zero-order chi connectivity index (χ0) is 15.7. The van der Waals surface area contributed by atoms with E-state index in [2.05, 4.69) is 9.88 Å². The van der Waals surface area contributed by atoms with Gasteiger partial charge in [0.05, 0.1) is 16.6 Å². The van der Waals surface area contributed by atoms with Crippen molar-refractivity contribution in [3.63, 3.8) is 0 Å². The fourth-order valence-corrected chi connectivity index (χ4v) is 3.09. The summed E-state index contributed by atoms with van der Waals surface area (Å²) in [6.07, 6.45) is -1.06. The Morgan fingerprint density at radius 1 is 1.09 bits per heavy atom. The van der Waals surface area contributed by atoms with Crippen LogP contribution in [0.1, 0.15) is 24.8 Å². The summed E-state index contributed by atoms with van der Waals surface area (Å²) in [7, 11) is 0. The predicted octanol–water partition coefficient (Wildman–Crippen LogP) is 2.83. The molecule has 0 atom stereocenters. The van der Waals surface area contributed by atoms with Crippen molar-refractivity contribution in [1.82, 2.24) is 14.5 Å². The van der Waals surface area contributed by atoms with E-state index in [0.717, 1.165) is 32.0 Å². The van der Waals surface area contributed by atoms with E-state index in [1.165, 1.54) is 23.1 Å². The van der Waals surface area contributed by atoms with Gasteiger partial charge in [0.25, 0.3) is 0 Å². The van der Waals surface area contributed by atoms with Crippen LogP contribution in [0.2, 0.25) is 0 Å². The van der Waals surface area contributed by atoms with Gasteiger partial charge in [0.15, 0.2) is 0 Å². The second-order valence-corrected chi connectivity index (χ2v) is 5.68. The molecule has 1 fully saturated rings. The Kier molecular flexibility index (Phi) is 3.99. The van der Waals surface area contributed by atoms with Crippen LogP contribution in [0.5, 0.6) is 0 Å². The fourth-order valence-electron chi connectivity index (χ4n) is 3.09. The highest BCUT2D eigenvalue weighted by atomic mass is 19.4. The molecular formula is C15H18F3N3O. The number of imidazole rings is 1. The van der Waals surface area contributed by atoms with Gasteiger partial charge >= 0.3 is 11.9 Å². The number of rotatable bonds is 3. The number of hydrogen-bond acceptors (Lipinski definition) is 2. The molecule has 3 rings (SSSR count). The lowest BCUT2D eigenvalue weighted by Gasteiger charge is -2.26. The van der Waals surface area contributed by atoms with E-state index in [1.54, 1.807) is 0 Å². The first-order chi connectivity index (χ1) is 10.5. The number of piperidine rings is 1. The van der Waals surface area contributed by atoms with Gasteiger partial charge in [-0.2, -0.15) is 13.2 Å². The molecule has 120 valence electrons. The van der Waals surface area contributed by atoms with E-state index < -0.39 is 17.4 Å². The van der Waals surface area contributed by atoms with E-state index in [9.17, 15) is 18.0 Å². The molecule has 1 aromatic carbocycles. The Labute approximate surface area is 125 Å². The van der Waals surface area contributed by atoms with Crippen molar-refractivity contribution in [2.75, 3.05) is 19.6 Å². The maximum absolute atomic E-state index is 13.2. The van der Waals surface area contributed by atoms with Crippen molar-refractivity contribution < 1.29 is 13.2 Å². The minimum Gasteiger partial charge on any atom is -0.306 e. The number of aromatic nitrogens is 2. The molecule has 0 unspecified atom stereocenters. The molecule has 0 radical (unpaired) electrons. The van der Waals surface area contributed by atoms with Crippen LogP contribution in [-0.4, -0.2) is 34.1 Å². The number of aromatic amines is 1. The van der Waals surface area contributed by atoms with Crippen molar-refractivity contribution in [2.24, 2.45) is 0 Å². The SMILES string of the molecule is O=c1[nH]c2cccc(C(F)(F)F)c2n1CCN1CCCCC1. The van der Waals surface area contributed by atoms with Gasteiger partial charge in [-0.15, -0.1) is 0 Å². The largest absolute Gasteiger partial charge is 0.418 e. The minimum absolute atomic E-state index is 0.0444. The van der Waals surface area contributed by atoms with E-state index in [1.807, 2.05) is 0 Å². The quantitative estimate of drug-likeness (QED) is 0.946. The number of nitrogens with one attached hydrogen (secondary N) is 1. The summed E-state index contributed by atoms with van der Waals surface area (Å²) >= 11 is 0. The molecule has 1 saturated heterocycles. The molecule has 4 nitrogen and oxygen atoms in total. The average Bonchev–Trinajstić information content (AvgIpc) is 2.80. The van der Waals surface area contributed by atoms with Crippen LogP contribution in [0.3, 0.4) is 0 Å². The van der Waals surface area contributed by atoms with Crippen LogP contribution in [0.4, 0.5) is 13.2 Å². The van der Waals surface area contributed by atoms with Crippen LogP contribution in [0, 0.1) is 0 Å². The molecule has 0 spiro atoms. The Balaban J connectivity index is 1.94. The van der Waals surface area contributed by atoms with Gasteiger partial charge in [-0.1, -0.05) is 12.5 Å². The highest BCUT2D eigenvalue weighted by Gasteiger charge is 2.34. The number of H-pyrrole nitrogens is 1. The first kappa shape index (κ1) is 15.1. The number of nitrogens with zero attached hydrogens (tertiary/aromatic N) is 2. The number of likely N-dealkylation sites (tertiary alicyclic amines) is 1. The zero-order valence-electron chi connectivity index (χ0n) is 12.1. The van der Waals surface area contributed by atoms with Gasteiger partial charge in [-0.05, 0) is 38.1 Å². The third-order valence-electron chi connectivity index (χ3n) is 4.19. The standard InChI is InChI=1S/C15H18F3N3O/c16-15(17,18)11-5-4-6-12-13(11)21(14(22)19-12)10-9-20-7-2-1-3-8-20/h4-6H,1-3,7-10H2,(H,19,22). The molecule has 0 amide bonds. The summed E-state index contributed by atoms with van der Waals surface area (Å²) in [5, 5.41) is 0. The van der Waals surface area contributed by atoms with Crippen molar-refractivity contribution in [3.8, 4) is 0 Å². The Bertz CT molecular complexity index is 711. The van der Waals surface area contributed by atoms with Gasteiger partial charge < -0.3 is 9.88 Å². The normalized spacial score (nSPS) is 17.2. The molecular weight excluding hydrogens is 295 g/mol. The number of alkyl halides is 3. The average molecular weight is 313 g/mol. The summed E-state index contributed by atoms with van der Waals surface area (Å²) < 4.78 is 40.7. The number of halogens is 3. The van der Waals surface area contributed by atoms with Crippen LogP contribution in [0.25, 0.3) is 11.0 Å². The molecule has 0 aliphatic carbocycles. The molecule has 0 bridgehead atoms. The lowest BCUT2D eigenvalue weighted by Crippen LogP contribution is -2.34. The molecule has 1 aliphatic heterocycles. The van der Waals surface area contributed by atoms with E-state index in [4.69, 9.17) is 0 Å². The summed E-state index contributed by atoms with van der Waals surface area (Å²) in [5.41, 5.74) is -1.05. The second kappa shape index (κ2) is 5.79. The minimum atomic E-state index is -4.47. The molecule has 2 aromatic rings. The maximum Gasteiger partial charge on any atom is 0.418 e. The van der Waals surface area contributed by atoms with Crippen molar-refractivity contribution in [2.45, 2.75) is 32.0 Å². The van der Waals surface area contributed by atoms with E-state index >= 15 is 0 Å². The Morgan fingerprint density at radius 3 is 2.50 bits per heavy atom. The van der Waals surface area contributed by atoms with Crippen LogP contribution in [0.15, 0.2) is 23.0 Å². The predicted molar refractivity (Wildman–Crippen MR) is 77.9 cm³/mol. The van der Waals surface area contributed by atoms with Crippen LogP contribution in [-0.2, 0) is 12.7 Å². The highest BCUT2D eigenvalue weighted by Crippen LogP contribution is 2.33. The summed E-state index contributed by atoms with van der Waals surface area (Å²) in [6, 6.07) is 3.84. The second-order valence-electron chi connectivity index (χ2n) is 5.68. The first-order valence-corrected chi connectivity index (χ1v) is 7.48. The topological polar surface area (TPSA) is 41.0 Å². The lowest BCUT2D eigenvalue weighted by molar-refractivity contribution is -0.136. The number of para-hydroxylation sites is 1. The highest BCUT2D eigenvalue weighted by molar-refractivity contribution is 5.79. The molecule has 1 aliphatic rings. The Hall–Kier alpha value is -1.76. The summed E-state index contributed by atoms with van der Waals surface area (Å²) in [5.74, 6) is 0. The monoisotopic (exact) mass is 313 g/mol. The third kappa shape index (κ3) is 2.90. The fraction of sp³-hybridized carbons (Fsp3) is 0.533. The molecule has 0 saturated carbocycles. The van der Waals surface area contributed by atoms with Gasteiger partial charge in [0, 0.05) is 13.1 Å². The summed E-state index contributed by atoms with van der Waals surface area (Å²) in [6.45, 7) is 2.76. The smallest absolute Gasteiger partial charge is 0.306 e. The van der Waals surface area contributed by atoms with Gasteiger partial charge in [0.2, 0.25) is 0 Å². The molecule has 7 heteroatoms. The Morgan fingerprint density at radius 2 is 1.82 bits per heavy atom. The first-order valence-electron chi connectivity index (χ1n) is 7.48.